The van der Waals surface area contributed by atoms with Gasteiger partial charge in [0, 0.05) is 69.8 Å². The number of hydrogen-bond acceptors (Lipinski definition) is 5. The molecule has 7 rings (SSSR count). The molecule has 7 nitrogen and oxygen atoms in total. The number of nitrogens with zero attached hydrogens (tertiary/aromatic N) is 7. The first-order valence-electron chi connectivity index (χ1n) is 13.9. The van der Waals surface area contributed by atoms with Gasteiger partial charge in [0.05, 0.1) is 0 Å². The van der Waals surface area contributed by atoms with Gasteiger partial charge in [-0.25, -0.2) is 9.97 Å². The molecule has 5 aromatic rings. The minimum absolute atomic E-state index is 0.767. The first-order chi connectivity index (χ1) is 18.8. The van der Waals surface area contributed by atoms with E-state index in [1.807, 2.05) is 12.4 Å². The normalized spacial score (nSPS) is 18.7. The lowest BCUT2D eigenvalue weighted by molar-refractivity contribution is 0.311. The van der Waals surface area contributed by atoms with Crippen LogP contribution in [0.3, 0.4) is 0 Å². The van der Waals surface area contributed by atoms with E-state index in [0.29, 0.717) is 0 Å². The molecular formula is C31H35N7. The number of aromatic nitrogens is 4. The number of likely N-dealkylation sites (tertiary alicyclic amines) is 1. The van der Waals surface area contributed by atoms with Crippen molar-refractivity contribution in [2.45, 2.75) is 19.4 Å². The summed E-state index contributed by atoms with van der Waals surface area (Å²) < 4.78 is 4.52. The third-order valence-electron chi connectivity index (χ3n) is 8.33. The highest BCUT2D eigenvalue weighted by molar-refractivity contribution is 5.78. The quantitative estimate of drug-likeness (QED) is 0.324. The van der Waals surface area contributed by atoms with Crippen LogP contribution < -0.4 is 9.80 Å². The van der Waals surface area contributed by atoms with Gasteiger partial charge in [0.15, 0.2) is 0 Å². The highest BCUT2D eigenvalue weighted by atomic mass is 15.3. The Kier molecular flexibility index (Phi) is 6.21. The van der Waals surface area contributed by atoms with Gasteiger partial charge in [-0.05, 0) is 61.2 Å². The Bertz CT molecular complexity index is 1510. The molecule has 2 saturated heterocycles. The molecule has 2 aliphatic rings. The summed E-state index contributed by atoms with van der Waals surface area (Å²) in [6.07, 6.45) is 8.62. The fourth-order valence-electron chi connectivity index (χ4n) is 6.24. The molecule has 6 heterocycles. The molecule has 0 spiro atoms. The maximum Gasteiger partial charge on any atom is 0.142 e. The monoisotopic (exact) mass is 505 g/mol. The Hall–Kier alpha value is -3.84. The summed E-state index contributed by atoms with van der Waals surface area (Å²) in [4.78, 5) is 17.1. The largest absolute Gasteiger partial charge is 0.354 e. The van der Waals surface area contributed by atoms with E-state index in [1.165, 1.54) is 42.7 Å². The highest BCUT2D eigenvalue weighted by Crippen LogP contribution is 2.24. The molecule has 2 fully saturated rings. The Morgan fingerprint density at radius 2 is 1.63 bits per heavy atom. The van der Waals surface area contributed by atoms with Crippen LogP contribution in [-0.2, 0) is 13.0 Å². The second-order valence-electron chi connectivity index (χ2n) is 10.7. The van der Waals surface area contributed by atoms with E-state index in [1.54, 1.807) is 0 Å². The van der Waals surface area contributed by atoms with E-state index in [0.717, 1.165) is 62.3 Å². The van der Waals surface area contributed by atoms with Crippen molar-refractivity contribution in [3.63, 3.8) is 0 Å². The van der Waals surface area contributed by atoms with E-state index in [2.05, 4.69) is 102 Å². The molecule has 2 aliphatic heterocycles. The van der Waals surface area contributed by atoms with Crippen molar-refractivity contribution in [1.82, 2.24) is 23.8 Å². The van der Waals surface area contributed by atoms with Crippen LogP contribution in [0.5, 0.6) is 0 Å². The average molecular weight is 506 g/mol. The van der Waals surface area contributed by atoms with Gasteiger partial charge in [0.25, 0.3) is 0 Å². The van der Waals surface area contributed by atoms with Crippen molar-refractivity contribution in [1.29, 1.82) is 0 Å². The first-order valence-corrected chi connectivity index (χ1v) is 13.9. The van der Waals surface area contributed by atoms with Gasteiger partial charge in [-0.15, -0.1) is 0 Å². The summed E-state index contributed by atoms with van der Waals surface area (Å²) in [5, 5.41) is 1.22. The van der Waals surface area contributed by atoms with Crippen molar-refractivity contribution in [2.75, 3.05) is 55.6 Å². The Morgan fingerprint density at radius 3 is 2.53 bits per heavy atom. The SMILES string of the molecule is c1ccc(CC2CCN(CCn3ccc4ccc(N5CCN(c6cccc7nccn67)CC5)nc43)C2)cc1. The lowest BCUT2D eigenvalue weighted by Crippen LogP contribution is -2.47. The van der Waals surface area contributed by atoms with E-state index >= 15 is 0 Å². The Labute approximate surface area is 223 Å². The van der Waals surface area contributed by atoms with Crippen LogP contribution in [0.1, 0.15) is 12.0 Å². The van der Waals surface area contributed by atoms with Crippen molar-refractivity contribution in [3.8, 4) is 0 Å². The molecule has 1 unspecified atom stereocenters. The standard InChI is InChI=1S/C31H35N7/c1-2-5-25(6-3-1)23-26-11-14-34(24-26)17-18-37-15-12-27-9-10-29(33-31(27)37)35-19-21-36(22-20-35)30-8-4-7-28-32-13-16-38(28)30/h1-10,12-13,15-16,26H,11,14,17-24H2. The number of piperazine rings is 1. The van der Waals surface area contributed by atoms with E-state index in [4.69, 9.17) is 4.98 Å². The Balaban J connectivity index is 0.983. The van der Waals surface area contributed by atoms with Crippen LogP contribution in [-0.4, -0.2) is 69.6 Å². The molecule has 7 heteroatoms. The zero-order valence-corrected chi connectivity index (χ0v) is 21.9. The molecule has 0 bridgehead atoms. The van der Waals surface area contributed by atoms with Gasteiger partial charge in [-0.3, -0.25) is 4.40 Å². The summed E-state index contributed by atoms with van der Waals surface area (Å²) in [7, 11) is 0. The summed E-state index contributed by atoms with van der Waals surface area (Å²) >= 11 is 0. The van der Waals surface area contributed by atoms with Crippen molar-refractivity contribution < 1.29 is 0 Å². The molecule has 0 radical (unpaired) electrons. The van der Waals surface area contributed by atoms with Gasteiger partial charge >= 0.3 is 0 Å². The summed E-state index contributed by atoms with van der Waals surface area (Å²) in [5.74, 6) is 3.06. The third-order valence-corrected chi connectivity index (χ3v) is 8.33. The molecule has 194 valence electrons. The second-order valence-corrected chi connectivity index (χ2v) is 10.7. The molecule has 1 aromatic carbocycles. The van der Waals surface area contributed by atoms with Gasteiger partial charge in [-0.2, -0.15) is 0 Å². The molecule has 0 saturated carbocycles. The highest BCUT2D eigenvalue weighted by Gasteiger charge is 2.23. The van der Waals surface area contributed by atoms with E-state index in [9.17, 15) is 0 Å². The predicted molar refractivity (Wildman–Crippen MR) is 154 cm³/mol. The molecule has 38 heavy (non-hydrogen) atoms. The van der Waals surface area contributed by atoms with Crippen molar-refractivity contribution in [2.24, 2.45) is 5.92 Å². The van der Waals surface area contributed by atoms with Crippen LogP contribution in [0, 0.1) is 5.92 Å². The zero-order valence-electron chi connectivity index (χ0n) is 21.9. The Morgan fingerprint density at radius 1 is 0.763 bits per heavy atom. The van der Waals surface area contributed by atoms with Crippen LogP contribution in [0.15, 0.2) is 85.3 Å². The van der Waals surface area contributed by atoms with Gasteiger partial charge < -0.3 is 19.3 Å². The summed E-state index contributed by atoms with van der Waals surface area (Å²) in [6, 6.07) is 23.9. The van der Waals surface area contributed by atoms with E-state index < -0.39 is 0 Å². The predicted octanol–water partition coefficient (Wildman–Crippen LogP) is 4.58. The maximum atomic E-state index is 5.15. The molecular weight excluding hydrogens is 470 g/mol. The zero-order chi connectivity index (χ0) is 25.3. The number of pyridine rings is 2. The number of benzene rings is 1. The minimum Gasteiger partial charge on any atom is -0.354 e. The molecule has 0 N–H and O–H groups in total. The molecule has 0 aliphatic carbocycles. The van der Waals surface area contributed by atoms with Crippen LogP contribution in [0.2, 0.25) is 0 Å². The maximum absolute atomic E-state index is 5.15. The fourth-order valence-corrected chi connectivity index (χ4v) is 6.24. The van der Waals surface area contributed by atoms with Gasteiger partial charge in [0.1, 0.15) is 22.9 Å². The number of fused-ring (bicyclic) bond motifs is 2. The van der Waals surface area contributed by atoms with Gasteiger partial charge in [0.2, 0.25) is 0 Å². The first kappa shape index (κ1) is 23.3. The lowest BCUT2D eigenvalue weighted by atomic mass is 9.99. The lowest BCUT2D eigenvalue weighted by Gasteiger charge is -2.36. The second kappa shape index (κ2) is 10.1. The van der Waals surface area contributed by atoms with Crippen molar-refractivity contribution in [3.05, 3.63) is 90.9 Å². The average Bonchev–Trinajstić information content (AvgIpc) is 3.72. The number of imidazole rings is 1. The van der Waals surface area contributed by atoms with E-state index in [-0.39, 0.29) is 0 Å². The van der Waals surface area contributed by atoms with Crippen molar-refractivity contribution >= 4 is 28.3 Å². The molecule has 0 amide bonds. The van der Waals surface area contributed by atoms with Crippen LogP contribution >= 0.6 is 0 Å². The molecule has 4 aromatic heterocycles. The topological polar surface area (TPSA) is 44.8 Å². The summed E-state index contributed by atoms with van der Waals surface area (Å²) in [6.45, 7) is 8.33. The molecule has 1 atom stereocenters. The third kappa shape index (κ3) is 4.63. The fraction of sp³-hybridized carbons (Fsp3) is 0.355. The van der Waals surface area contributed by atoms with Gasteiger partial charge in [-0.1, -0.05) is 36.4 Å². The minimum atomic E-state index is 0.767. The van der Waals surface area contributed by atoms with Crippen LogP contribution in [0.25, 0.3) is 16.7 Å². The smallest absolute Gasteiger partial charge is 0.142 e. The summed E-state index contributed by atoms with van der Waals surface area (Å²) in [5.41, 5.74) is 3.57. The van der Waals surface area contributed by atoms with Crippen LogP contribution in [0.4, 0.5) is 11.6 Å². The number of anilines is 2. The number of hydrogen-bond donors (Lipinski definition) is 0. The number of rotatable bonds is 7.